The summed E-state index contributed by atoms with van der Waals surface area (Å²) in [4.78, 5) is 16.3. The molecule has 5 nitrogen and oxygen atoms in total. The number of benzene rings is 1. The molecule has 3 aliphatic heterocycles. The highest BCUT2D eigenvalue weighted by atomic mass is 19.4. The van der Waals surface area contributed by atoms with Gasteiger partial charge in [0.1, 0.15) is 6.04 Å². The monoisotopic (exact) mass is 521 g/mol. The normalized spacial score (nSPS) is 24.4. The zero-order valence-electron chi connectivity index (χ0n) is 21.0. The van der Waals surface area contributed by atoms with Gasteiger partial charge in [0.05, 0.1) is 12.0 Å². The number of alkyl halides is 3. The fraction of sp³-hybridized carbons (Fsp3) is 0.607. The number of nitrogens with one attached hydrogen (secondary N) is 1. The molecule has 0 aromatic heterocycles. The van der Waals surface area contributed by atoms with Gasteiger partial charge in [0.15, 0.2) is 11.6 Å². The molecule has 1 amide bonds. The van der Waals surface area contributed by atoms with Gasteiger partial charge in [-0.3, -0.25) is 4.79 Å². The maximum atomic E-state index is 14.8. The fourth-order valence-corrected chi connectivity index (χ4v) is 5.83. The molecule has 9 heteroatoms. The van der Waals surface area contributed by atoms with Crippen LogP contribution in [-0.2, 0) is 4.79 Å². The minimum absolute atomic E-state index is 0.0627. The first-order chi connectivity index (χ1) is 17.7. The van der Waals surface area contributed by atoms with E-state index in [1.165, 1.54) is 6.07 Å². The largest absolute Gasteiger partial charge is 0.490 e. The zero-order chi connectivity index (χ0) is 26.0. The second kappa shape index (κ2) is 10.7. The van der Waals surface area contributed by atoms with Crippen LogP contribution in [0.15, 0.2) is 36.6 Å². The van der Waals surface area contributed by atoms with Crippen molar-refractivity contribution in [3.63, 3.8) is 0 Å². The van der Waals surface area contributed by atoms with E-state index >= 15 is 0 Å². The van der Waals surface area contributed by atoms with Crippen LogP contribution in [0.25, 0.3) is 5.57 Å². The molecule has 3 fully saturated rings. The minimum atomic E-state index is -4.14. The van der Waals surface area contributed by atoms with Gasteiger partial charge in [-0.1, -0.05) is 24.6 Å². The van der Waals surface area contributed by atoms with Gasteiger partial charge in [-0.05, 0) is 80.8 Å². The number of halogens is 4. The smallest absolute Gasteiger partial charge is 0.395 e. The molecule has 1 aromatic carbocycles. The second-order valence-corrected chi connectivity index (χ2v) is 10.9. The van der Waals surface area contributed by atoms with Crippen molar-refractivity contribution in [2.45, 2.75) is 57.2 Å². The number of rotatable bonds is 7. The number of amides is 1. The molecule has 0 bridgehead atoms. The molecule has 2 saturated heterocycles. The van der Waals surface area contributed by atoms with Crippen LogP contribution in [0, 0.1) is 17.2 Å². The molecule has 5 rings (SSSR count). The van der Waals surface area contributed by atoms with E-state index in [2.05, 4.69) is 5.32 Å². The number of dihydropyridines is 1. The molecular formula is C28H35F4N3O2. The number of carbonyl (C=O) groups is 1. The lowest BCUT2D eigenvalue weighted by molar-refractivity contribution is -0.256. The third-order valence-electron chi connectivity index (χ3n) is 8.46. The number of nitrogens with zero attached hydrogens (tertiary/aromatic N) is 2. The van der Waals surface area contributed by atoms with Crippen LogP contribution < -0.4 is 10.1 Å². The summed E-state index contributed by atoms with van der Waals surface area (Å²) in [5.41, 5.74) is -0.0562. The van der Waals surface area contributed by atoms with Crippen molar-refractivity contribution < 1.29 is 27.1 Å². The lowest BCUT2D eigenvalue weighted by Gasteiger charge is -2.47. The van der Waals surface area contributed by atoms with Crippen LogP contribution in [0.2, 0.25) is 0 Å². The Hall–Kier alpha value is -2.55. The summed E-state index contributed by atoms with van der Waals surface area (Å²) in [5.74, 6) is -0.0340. The standard InChI is InChI=1S/C28H35F4N3O2/c29-23-16-21(22-4-6-24(33-17-22)26(36)35-12-1-2-13-35)5-7-25(23)37-18-20-8-14-34(15-9-20)19-27(10-3-11-27)28(30,31)32/h4-7,16-17,20,24,33H,1-3,8-15,18-19H2. The van der Waals surface area contributed by atoms with Crippen molar-refractivity contribution in [3.8, 4) is 5.75 Å². The molecule has 202 valence electrons. The highest BCUT2D eigenvalue weighted by Crippen LogP contribution is 2.53. The Bertz CT molecular complexity index is 1040. The zero-order valence-corrected chi connectivity index (χ0v) is 21.0. The van der Waals surface area contributed by atoms with E-state index in [-0.39, 0.29) is 37.0 Å². The van der Waals surface area contributed by atoms with Gasteiger partial charge in [0.2, 0.25) is 5.91 Å². The highest BCUT2D eigenvalue weighted by Gasteiger charge is 2.58. The first-order valence-electron chi connectivity index (χ1n) is 13.4. The summed E-state index contributed by atoms with van der Waals surface area (Å²) in [6, 6.07) is 4.43. The molecule has 0 spiro atoms. The summed E-state index contributed by atoms with van der Waals surface area (Å²) in [6.07, 6.45) is 5.94. The summed E-state index contributed by atoms with van der Waals surface area (Å²) in [6.45, 7) is 3.26. The number of ether oxygens (including phenoxy) is 1. The van der Waals surface area contributed by atoms with Crippen molar-refractivity contribution in [1.29, 1.82) is 0 Å². The van der Waals surface area contributed by atoms with Gasteiger partial charge in [0, 0.05) is 25.8 Å². The Balaban J connectivity index is 1.09. The third kappa shape index (κ3) is 5.66. The minimum Gasteiger partial charge on any atom is -0.490 e. The average molecular weight is 522 g/mol. The molecule has 1 aromatic rings. The lowest BCUT2D eigenvalue weighted by atomic mass is 9.67. The van der Waals surface area contributed by atoms with Crippen LogP contribution in [0.5, 0.6) is 5.75 Å². The quantitative estimate of drug-likeness (QED) is 0.505. The molecule has 1 N–H and O–H groups in total. The van der Waals surface area contributed by atoms with Crippen LogP contribution in [0.3, 0.4) is 0 Å². The maximum Gasteiger partial charge on any atom is 0.395 e. The van der Waals surface area contributed by atoms with E-state index in [0.29, 0.717) is 31.7 Å². The predicted molar refractivity (Wildman–Crippen MR) is 133 cm³/mol. The summed E-state index contributed by atoms with van der Waals surface area (Å²) >= 11 is 0. The van der Waals surface area contributed by atoms with Crippen LogP contribution >= 0.6 is 0 Å². The van der Waals surface area contributed by atoms with Gasteiger partial charge in [-0.25, -0.2) is 4.39 Å². The Labute approximate surface area is 215 Å². The van der Waals surface area contributed by atoms with E-state index in [9.17, 15) is 22.4 Å². The number of hydrogen-bond acceptors (Lipinski definition) is 4. The summed E-state index contributed by atoms with van der Waals surface area (Å²) < 4.78 is 61.0. The van der Waals surface area contributed by atoms with Crippen LogP contribution in [-0.4, -0.2) is 67.3 Å². The third-order valence-corrected chi connectivity index (χ3v) is 8.46. The number of carbonyl (C=O) groups excluding carboxylic acids is 1. The maximum absolute atomic E-state index is 14.8. The Kier molecular flexibility index (Phi) is 7.52. The number of piperidine rings is 1. The Morgan fingerprint density at radius 1 is 1.08 bits per heavy atom. The van der Waals surface area contributed by atoms with E-state index in [0.717, 1.165) is 44.3 Å². The average Bonchev–Trinajstić information content (AvgIpc) is 3.40. The van der Waals surface area contributed by atoms with Crippen molar-refractivity contribution in [2.24, 2.45) is 11.3 Å². The molecule has 37 heavy (non-hydrogen) atoms. The van der Waals surface area contributed by atoms with E-state index in [1.54, 1.807) is 18.3 Å². The van der Waals surface area contributed by atoms with Crippen molar-refractivity contribution >= 4 is 11.5 Å². The van der Waals surface area contributed by atoms with Gasteiger partial charge >= 0.3 is 6.18 Å². The van der Waals surface area contributed by atoms with Gasteiger partial charge in [0.25, 0.3) is 0 Å². The Morgan fingerprint density at radius 3 is 2.38 bits per heavy atom. The molecule has 1 aliphatic carbocycles. The molecule has 3 heterocycles. The first kappa shape index (κ1) is 26.1. The molecule has 4 aliphatic rings. The van der Waals surface area contributed by atoms with Gasteiger partial charge in [-0.15, -0.1) is 0 Å². The Morgan fingerprint density at radius 2 is 1.81 bits per heavy atom. The van der Waals surface area contributed by atoms with Crippen molar-refractivity contribution in [1.82, 2.24) is 15.1 Å². The highest BCUT2D eigenvalue weighted by molar-refractivity contribution is 5.87. The second-order valence-electron chi connectivity index (χ2n) is 10.9. The van der Waals surface area contributed by atoms with Gasteiger partial charge < -0.3 is 19.9 Å². The number of allylic oxidation sites excluding steroid dienone is 2. The van der Waals surface area contributed by atoms with E-state index < -0.39 is 23.5 Å². The fourth-order valence-electron chi connectivity index (χ4n) is 5.83. The molecule has 0 radical (unpaired) electrons. The topological polar surface area (TPSA) is 44.8 Å². The van der Waals surface area contributed by atoms with E-state index in [4.69, 9.17) is 4.74 Å². The van der Waals surface area contributed by atoms with Crippen molar-refractivity contribution in [2.75, 3.05) is 39.3 Å². The van der Waals surface area contributed by atoms with Crippen LogP contribution in [0.1, 0.15) is 50.5 Å². The summed E-state index contributed by atoms with van der Waals surface area (Å²) in [5, 5.41) is 3.12. The number of hydrogen-bond donors (Lipinski definition) is 1. The van der Waals surface area contributed by atoms with Crippen molar-refractivity contribution in [3.05, 3.63) is 47.9 Å². The predicted octanol–water partition coefficient (Wildman–Crippen LogP) is 5.14. The van der Waals surface area contributed by atoms with Gasteiger partial charge in [-0.2, -0.15) is 13.2 Å². The number of likely N-dealkylation sites (tertiary alicyclic amines) is 2. The first-order valence-corrected chi connectivity index (χ1v) is 13.4. The summed E-state index contributed by atoms with van der Waals surface area (Å²) in [7, 11) is 0. The molecule has 1 unspecified atom stereocenters. The molecular weight excluding hydrogens is 486 g/mol. The van der Waals surface area contributed by atoms with E-state index in [1.807, 2.05) is 22.0 Å². The lowest BCUT2D eigenvalue weighted by Crippen LogP contribution is -2.53. The SMILES string of the molecule is O=C(C1C=CC(c2ccc(OCC3CCN(CC4(C(F)(F)F)CCC4)CC3)c(F)c2)=CN1)N1CCCC1. The molecule has 1 saturated carbocycles. The van der Waals surface area contributed by atoms with Crippen LogP contribution in [0.4, 0.5) is 17.6 Å². The molecule has 1 atom stereocenters.